The summed E-state index contributed by atoms with van der Waals surface area (Å²) in [5.41, 5.74) is 6.89. The Balaban J connectivity index is 1.67. The molecule has 1 unspecified atom stereocenters. The van der Waals surface area contributed by atoms with Gasteiger partial charge in [0.25, 0.3) is 0 Å². The van der Waals surface area contributed by atoms with Gasteiger partial charge in [-0.1, -0.05) is 23.4 Å². The van der Waals surface area contributed by atoms with Crippen molar-refractivity contribution >= 4 is 0 Å². The molecule has 5 nitrogen and oxygen atoms in total. The molecule has 1 saturated carbocycles. The first-order valence-corrected chi connectivity index (χ1v) is 6.54. The first-order valence-electron chi connectivity index (χ1n) is 6.54. The summed E-state index contributed by atoms with van der Waals surface area (Å²) >= 11 is 0. The van der Waals surface area contributed by atoms with Crippen LogP contribution in [0.3, 0.4) is 0 Å². The molecule has 1 aromatic heterocycles. The minimum Gasteiger partial charge on any atom is -0.485 e. The van der Waals surface area contributed by atoms with Crippen LogP contribution in [0, 0.1) is 0 Å². The van der Waals surface area contributed by atoms with Gasteiger partial charge in [0.15, 0.2) is 6.61 Å². The zero-order valence-corrected chi connectivity index (χ0v) is 10.9. The van der Waals surface area contributed by atoms with Crippen molar-refractivity contribution < 1.29 is 9.26 Å². The Bertz CT molecular complexity index is 561. The van der Waals surface area contributed by atoms with Crippen molar-refractivity contribution in [1.82, 2.24) is 10.1 Å². The Labute approximate surface area is 111 Å². The Morgan fingerprint density at radius 3 is 2.95 bits per heavy atom. The number of para-hydroxylation sites is 1. The van der Waals surface area contributed by atoms with E-state index >= 15 is 0 Å². The van der Waals surface area contributed by atoms with Crippen LogP contribution in [0.25, 0.3) is 0 Å². The van der Waals surface area contributed by atoms with Crippen molar-refractivity contribution in [2.75, 3.05) is 0 Å². The molecule has 100 valence electrons. The summed E-state index contributed by atoms with van der Waals surface area (Å²) in [6.45, 7) is 2.24. The van der Waals surface area contributed by atoms with Gasteiger partial charge in [0.2, 0.25) is 11.7 Å². The van der Waals surface area contributed by atoms with Crippen LogP contribution in [0.4, 0.5) is 0 Å². The smallest absolute Gasteiger partial charge is 0.229 e. The Hall–Kier alpha value is -1.88. The first-order chi connectivity index (χ1) is 9.24. The quantitative estimate of drug-likeness (QED) is 0.893. The number of hydrogen-bond acceptors (Lipinski definition) is 5. The summed E-state index contributed by atoms with van der Waals surface area (Å²) in [6.07, 6.45) is 2.30. The second kappa shape index (κ2) is 5.01. The molecule has 0 bridgehead atoms. The number of hydrogen-bond donors (Lipinski definition) is 1. The Morgan fingerprint density at radius 1 is 1.42 bits per heavy atom. The van der Waals surface area contributed by atoms with E-state index in [9.17, 15) is 0 Å². The van der Waals surface area contributed by atoms with E-state index in [0.717, 1.165) is 30.0 Å². The fraction of sp³-hybridized carbons (Fsp3) is 0.429. The van der Waals surface area contributed by atoms with Gasteiger partial charge in [0.1, 0.15) is 5.75 Å². The van der Waals surface area contributed by atoms with Crippen LogP contribution < -0.4 is 10.5 Å². The molecule has 1 atom stereocenters. The van der Waals surface area contributed by atoms with E-state index in [4.69, 9.17) is 15.0 Å². The van der Waals surface area contributed by atoms with Gasteiger partial charge in [-0.15, -0.1) is 0 Å². The molecule has 0 amide bonds. The fourth-order valence-electron chi connectivity index (χ4n) is 1.95. The van der Waals surface area contributed by atoms with Crippen LogP contribution in [0.2, 0.25) is 0 Å². The molecule has 1 aliphatic carbocycles. The van der Waals surface area contributed by atoms with Gasteiger partial charge in [0, 0.05) is 17.5 Å². The number of aromatic nitrogens is 2. The normalized spacial score (nSPS) is 16.3. The van der Waals surface area contributed by atoms with E-state index in [1.165, 1.54) is 0 Å². The summed E-state index contributed by atoms with van der Waals surface area (Å²) in [5.74, 6) is 2.56. The zero-order chi connectivity index (χ0) is 13.2. The average Bonchev–Trinajstić information content (AvgIpc) is 3.16. The molecule has 1 fully saturated rings. The highest BCUT2D eigenvalue weighted by atomic mass is 16.5. The number of ether oxygens (including phenoxy) is 1. The van der Waals surface area contributed by atoms with Crippen LogP contribution in [0.15, 0.2) is 28.8 Å². The van der Waals surface area contributed by atoms with Crippen molar-refractivity contribution in [3.05, 3.63) is 41.5 Å². The molecule has 0 aliphatic heterocycles. The topological polar surface area (TPSA) is 74.2 Å². The second-order valence-corrected chi connectivity index (χ2v) is 4.94. The van der Waals surface area contributed by atoms with Crippen LogP contribution in [0.5, 0.6) is 5.75 Å². The summed E-state index contributed by atoms with van der Waals surface area (Å²) < 4.78 is 10.9. The second-order valence-electron chi connectivity index (χ2n) is 4.94. The van der Waals surface area contributed by atoms with Gasteiger partial charge >= 0.3 is 0 Å². The van der Waals surface area contributed by atoms with Crippen LogP contribution in [0.1, 0.15) is 49.0 Å². The number of rotatable bonds is 5. The van der Waals surface area contributed by atoms with Gasteiger partial charge in [-0.3, -0.25) is 0 Å². The van der Waals surface area contributed by atoms with Crippen LogP contribution in [-0.2, 0) is 6.61 Å². The van der Waals surface area contributed by atoms with E-state index in [0.29, 0.717) is 18.3 Å². The molecule has 0 saturated heterocycles. The lowest BCUT2D eigenvalue weighted by molar-refractivity contribution is 0.281. The molecule has 0 radical (unpaired) electrons. The van der Waals surface area contributed by atoms with Crippen molar-refractivity contribution in [2.45, 2.75) is 38.3 Å². The largest absolute Gasteiger partial charge is 0.485 e. The average molecular weight is 259 g/mol. The van der Waals surface area contributed by atoms with Crippen molar-refractivity contribution in [3.63, 3.8) is 0 Å². The maximum Gasteiger partial charge on any atom is 0.229 e. The standard InChI is InChI=1S/C14H17N3O2/c1-9(15)11-4-2-3-5-12(11)18-8-13-16-14(19-17-13)10-6-7-10/h2-5,9-10H,6-8,15H2,1H3. The molecule has 1 aromatic carbocycles. The molecule has 5 heteroatoms. The van der Waals surface area contributed by atoms with Gasteiger partial charge in [0.05, 0.1) is 0 Å². The lowest BCUT2D eigenvalue weighted by Crippen LogP contribution is -2.08. The molecule has 1 aliphatic rings. The molecular weight excluding hydrogens is 242 g/mol. The van der Waals surface area contributed by atoms with Crippen molar-refractivity contribution in [3.8, 4) is 5.75 Å². The molecule has 19 heavy (non-hydrogen) atoms. The molecule has 1 heterocycles. The third kappa shape index (κ3) is 2.76. The highest BCUT2D eigenvalue weighted by Crippen LogP contribution is 2.38. The third-order valence-corrected chi connectivity index (χ3v) is 3.18. The Morgan fingerprint density at radius 2 is 2.21 bits per heavy atom. The maximum atomic E-state index is 5.91. The predicted octanol–water partition coefficient (Wildman–Crippen LogP) is 2.55. The van der Waals surface area contributed by atoms with Crippen LogP contribution >= 0.6 is 0 Å². The highest BCUT2D eigenvalue weighted by molar-refractivity contribution is 5.35. The van der Waals surface area contributed by atoms with E-state index in [2.05, 4.69) is 10.1 Å². The summed E-state index contributed by atoms with van der Waals surface area (Å²) in [5, 5.41) is 3.92. The van der Waals surface area contributed by atoms with Gasteiger partial charge in [-0.25, -0.2) is 0 Å². The van der Waals surface area contributed by atoms with Crippen LogP contribution in [-0.4, -0.2) is 10.1 Å². The molecule has 0 spiro atoms. The summed E-state index contributed by atoms with van der Waals surface area (Å²) in [7, 11) is 0. The molecule has 2 aromatic rings. The fourth-order valence-corrected chi connectivity index (χ4v) is 1.95. The number of nitrogens with zero attached hydrogens (tertiary/aromatic N) is 2. The SMILES string of the molecule is CC(N)c1ccccc1OCc1noc(C2CC2)n1. The highest BCUT2D eigenvalue weighted by Gasteiger charge is 2.29. The lowest BCUT2D eigenvalue weighted by Gasteiger charge is -2.12. The van der Waals surface area contributed by atoms with E-state index in [1.54, 1.807) is 0 Å². The Kier molecular flexibility index (Phi) is 3.21. The van der Waals surface area contributed by atoms with E-state index < -0.39 is 0 Å². The molecular formula is C14H17N3O2. The molecule has 3 rings (SSSR count). The van der Waals surface area contributed by atoms with Gasteiger partial charge in [-0.2, -0.15) is 4.98 Å². The summed E-state index contributed by atoms with van der Waals surface area (Å²) in [4.78, 5) is 4.33. The van der Waals surface area contributed by atoms with E-state index in [1.807, 2.05) is 31.2 Å². The van der Waals surface area contributed by atoms with Gasteiger partial charge < -0.3 is 15.0 Å². The first kappa shape index (κ1) is 12.2. The number of benzene rings is 1. The zero-order valence-electron chi connectivity index (χ0n) is 10.9. The number of nitrogens with two attached hydrogens (primary N) is 1. The maximum absolute atomic E-state index is 5.91. The lowest BCUT2D eigenvalue weighted by atomic mass is 10.1. The minimum absolute atomic E-state index is 0.0662. The van der Waals surface area contributed by atoms with Gasteiger partial charge in [-0.05, 0) is 25.8 Å². The predicted molar refractivity (Wildman–Crippen MR) is 69.6 cm³/mol. The van der Waals surface area contributed by atoms with E-state index in [-0.39, 0.29) is 6.04 Å². The van der Waals surface area contributed by atoms with Crippen molar-refractivity contribution in [1.29, 1.82) is 0 Å². The monoisotopic (exact) mass is 259 g/mol. The minimum atomic E-state index is -0.0662. The molecule has 2 N–H and O–H groups in total. The van der Waals surface area contributed by atoms with Crippen molar-refractivity contribution in [2.24, 2.45) is 5.73 Å². The summed E-state index contributed by atoms with van der Waals surface area (Å²) in [6, 6.07) is 7.67. The third-order valence-electron chi connectivity index (χ3n) is 3.18.